The molecule has 2 atom stereocenters. The number of carbonyl (C=O) groups excluding carboxylic acids is 3. The second kappa shape index (κ2) is 10.9. The highest BCUT2D eigenvalue weighted by Gasteiger charge is 2.54. The van der Waals surface area contributed by atoms with E-state index in [1.165, 1.54) is 0 Å². The third-order valence-electron chi connectivity index (χ3n) is 7.57. The fourth-order valence-corrected chi connectivity index (χ4v) is 5.38. The van der Waals surface area contributed by atoms with E-state index in [9.17, 15) is 14.4 Å². The zero-order chi connectivity index (χ0) is 26.7. The van der Waals surface area contributed by atoms with Crippen LogP contribution in [0.15, 0.2) is 53.5 Å². The summed E-state index contributed by atoms with van der Waals surface area (Å²) in [5.41, 5.74) is 3.31. The molecule has 1 fully saturated rings. The van der Waals surface area contributed by atoms with Crippen LogP contribution in [0.1, 0.15) is 63.1 Å². The normalized spacial score (nSPS) is 19.3. The topological polar surface area (TPSA) is 88.1 Å². The van der Waals surface area contributed by atoms with E-state index in [2.05, 4.69) is 5.32 Å². The molecular formula is C30H37N3O4. The van der Waals surface area contributed by atoms with Crippen LogP contribution >= 0.6 is 0 Å². The number of aryl methyl sites for hydroxylation is 1. The number of rotatable bonds is 8. The molecule has 2 unspecified atom stereocenters. The second-order valence-electron chi connectivity index (χ2n) is 10.6. The third kappa shape index (κ3) is 5.17. The molecule has 2 aromatic rings. The van der Waals surface area contributed by atoms with Crippen LogP contribution in [0.3, 0.4) is 0 Å². The largest absolute Gasteiger partial charge is 0.466 e. The second-order valence-corrected chi connectivity index (χ2v) is 10.6. The zero-order valence-corrected chi connectivity index (χ0v) is 22.4. The van der Waals surface area contributed by atoms with Crippen LogP contribution in [0.4, 0.5) is 5.69 Å². The van der Waals surface area contributed by atoms with E-state index in [0.29, 0.717) is 25.0 Å². The molecule has 0 saturated heterocycles. The van der Waals surface area contributed by atoms with Gasteiger partial charge in [0.05, 0.1) is 29.3 Å². The number of aliphatic imine (C=N–C) groups is 1. The molecule has 2 aromatic carbocycles. The van der Waals surface area contributed by atoms with E-state index in [0.717, 1.165) is 28.8 Å². The van der Waals surface area contributed by atoms with E-state index in [-0.39, 0.29) is 30.3 Å². The smallest absolute Gasteiger partial charge is 0.312 e. The van der Waals surface area contributed by atoms with E-state index in [1.807, 2.05) is 69.3 Å². The van der Waals surface area contributed by atoms with Gasteiger partial charge < -0.3 is 15.0 Å². The first-order chi connectivity index (χ1) is 17.7. The number of amides is 2. The van der Waals surface area contributed by atoms with Crippen molar-refractivity contribution >= 4 is 29.2 Å². The molecule has 2 amide bonds. The lowest BCUT2D eigenvalue weighted by molar-refractivity contribution is -0.170. The lowest BCUT2D eigenvalue weighted by Crippen LogP contribution is -2.55. The highest BCUT2D eigenvalue weighted by atomic mass is 16.5. The molecule has 1 aliphatic heterocycles. The van der Waals surface area contributed by atoms with Gasteiger partial charge in [-0.15, -0.1) is 0 Å². The SMILES string of the molecule is CCOC(=O)C1(C(CC(C)C)C(=O)NC2N=C(c3ccc(C)cc3)c3ccccc3N(C)C2=O)CCC1. The van der Waals surface area contributed by atoms with Gasteiger partial charge in [-0.05, 0) is 45.1 Å². The Morgan fingerprint density at radius 2 is 1.81 bits per heavy atom. The van der Waals surface area contributed by atoms with Crippen LogP contribution in [0.2, 0.25) is 0 Å². The average Bonchev–Trinajstić information content (AvgIpc) is 2.94. The van der Waals surface area contributed by atoms with Crippen molar-refractivity contribution in [2.75, 3.05) is 18.6 Å². The maximum atomic E-state index is 13.9. The van der Waals surface area contributed by atoms with E-state index in [4.69, 9.17) is 9.73 Å². The molecule has 0 radical (unpaired) electrons. The Kier molecular flexibility index (Phi) is 7.81. The molecule has 0 bridgehead atoms. The first kappa shape index (κ1) is 26.6. The number of para-hydroxylation sites is 1. The minimum absolute atomic E-state index is 0.186. The number of carbonyl (C=O) groups is 3. The van der Waals surface area contributed by atoms with Crippen molar-refractivity contribution in [3.63, 3.8) is 0 Å². The predicted octanol–water partition coefficient (Wildman–Crippen LogP) is 4.65. The van der Waals surface area contributed by atoms with Gasteiger partial charge in [-0.2, -0.15) is 0 Å². The molecule has 7 nitrogen and oxygen atoms in total. The van der Waals surface area contributed by atoms with Crippen molar-refractivity contribution in [1.82, 2.24) is 5.32 Å². The number of anilines is 1. The maximum Gasteiger partial charge on any atom is 0.312 e. The number of benzodiazepines with no additional fused rings is 1. The molecule has 0 spiro atoms. The Labute approximate surface area is 219 Å². The molecule has 0 aromatic heterocycles. The summed E-state index contributed by atoms with van der Waals surface area (Å²) >= 11 is 0. The van der Waals surface area contributed by atoms with Gasteiger partial charge >= 0.3 is 5.97 Å². The fourth-order valence-electron chi connectivity index (χ4n) is 5.38. The number of benzene rings is 2. The van der Waals surface area contributed by atoms with Crippen LogP contribution in [-0.4, -0.2) is 43.3 Å². The Balaban J connectivity index is 1.73. The minimum Gasteiger partial charge on any atom is -0.466 e. The van der Waals surface area contributed by atoms with Gasteiger partial charge in [0.1, 0.15) is 0 Å². The number of esters is 1. The van der Waals surface area contributed by atoms with Gasteiger partial charge in [-0.1, -0.05) is 68.3 Å². The van der Waals surface area contributed by atoms with Gasteiger partial charge in [0.2, 0.25) is 12.1 Å². The summed E-state index contributed by atoms with van der Waals surface area (Å²) in [5, 5.41) is 2.94. The monoisotopic (exact) mass is 503 g/mol. The summed E-state index contributed by atoms with van der Waals surface area (Å²) in [5.74, 6) is -1.38. The van der Waals surface area contributed by atoms with Crippen molar-refractivity contribution in [1.29, 1.82) is 0 Å². The highest BCUT2D eigenvalue weighted by molar-refractivity contribution is 6.20. The van der Waals surface area contributed by atoms with E-state index >= 15 is 0 Å². The number of ether oxygens (including phenoxy) is 1. The molecule has 1 N–H and O–H groups in total. The molecule has 2 aliphatic rings. The van der Waals surface area contributed by atoms with Crippen LogP contribution in [0.5, 0.6) is 0 Å². The summed E-state index contributed by atoms with van der Waals surface area (Å²) in [6.45, 7) is 8.13. The van der Waals surface area contributed by atoms with Gasteiger partial charge in [0, 0.05) is 18.2 Å². The van der Waals surface area contributed by atoms with Gasteiger partial charge in [-0.3, -0.25) is 14.4 Å². The summed E-state index contributed by atoms with van der Waals surface area (Å²) in [4.78, 5) is 46.9. The molecule has 196 valence electrons. The van der Waals surface area contributed by atoms with Crippen molar-refractivity contribution in [3.8, 4) is 0 Å². The van der Waals surface area contributed by atoms with Crippen molar-refractivity contribution in [2.24, 2.45) is 22.2 Å². The number of nitrogens with zero attached hydrogens (tertiary/aromatic N) is 2. The summed E-state index contributed by atoms with van der Waals surface area (Å²) in [6, 6.07) is 15.6. The molecule has 1 saturated carbocycles. The van der Waals surface area contributed by atoms with Crippen molar-refractivity contribution < 1.29 is 19.1 Å². The van der Waals surface area contributed by atoms with Crippen LogP contribution in [-0.2, 0) is 19.1 Å². The van der Waals surface area contributed by atoms with Crippen LogP contribution < -0.4 is 10.2 Å². The third-order valence-corrected chi connectivity index (χ3v) is 7.57. The lowest BCUT2D eigenvalue weighted by Gasteiger charge is -2.45. The number of fused-ring (bicyclic) bond motifs is 1. The molecule has 1 aliphatic carbocycles. The molecule has 1 heterocycles. The lowest BCUT2D eigenvalue weighted by atomic mass is 9.59. The minimum atomic E-state index is -1.12. The van der Waals surface area contributed by atoms with E-state index in [1.54, 1.807) is 18.9 Å². The molecular weight excluding hydrogens is 466 g/mol. The van der Waals surface area contributed by atoms with Crippen molar-refractivity contribution in [3.05, 3.63) is 65.2 Å². The maximum absolute atomic E-state index is 13.9. The Hall–Kier alpha value is -3.48. The van der Waals surface area contributed by atoms with Gasteiger partial charge in [0.15, 0.2) is 0 Å². The zero-order valence-electron chi connectivity index (χ0n) is 22.4. The first-order valence-corrected chi connectivity index (χ1v) is 13.2. The molecule has 4 rings (SSSR count). The standard InChI is InChI=1S/C30H37N3O4/c1-6-37-29(36)30(16-9-17-30)23(18-19(2)3)27(34)32-26-28(35)33(5)24-11-8-7-10-22(24)25(31-26)21-14-12-20(4)13-15-21/h7-8,10-15,19,23,26H,6,9,16-18H2,1-5H3,(H,32,34). The van der Waals surface area contributed by atoms with Crippen molar-refractivity contribution in [2.45, 2.75) is 59.5 Å². The van der Waals surface area contributed by atoms with Gasteiger partial charge in [0.25, 0.3) is 5.91 Å². The van der Waals surface area contributed by atoms with Gasteiger partial charge in [-0.25, -0.2) is 4.99 Å². The van der Waals surface area contributed by atoms with Crippen LogP contribution in [0.25, 0.3) is 0 Å². The summed E-state index contributed by atoms with van der Waals surface area (Å²) in [7, 11) is 1.70. The molecule has 7 heteroatoms. The highest BCUT2D eigenvalue weighted by Crippen LogP contribution is 2.50. The summed E-state index contributed by atoms with van der Waals surface area (Å²) in [6.07, 6.45) is 1.50. The Bertz CT molecular complexity index is 1200. The Morgan fingerprint density at radius 3 is 2.41 bits per heavy atom. The number of likely N-dealkylation sites (N-methyl/N-ethyl adjacent to an activating group) is 1. The van der Waals surface area contributed by atoms with E-state index < -0.39 is 17.5 Å². The predicted molar refractivity (Wildman–Crippen MR) is 144 cm³/mol. The number of hydrogen-bond donors (Lipinski definition) is 1. The fraction of sp³-hybridized carbons (Fsp3) is 0.467. The quantitative estimate of drug-likeness (QED) is 0.532. The summed E-state index contributed by atoms with van der Waals surface area (Å²) < 4.78 is 5.42. The molecule has 37 heavy (non-hydrogen) atoms. The average molecular weight is 504 g/mol. The first-order valence-electron chi connectivity index (χ1n) is 13.2. The Morgan fingerprint density at radius 1 is 1.14 bits per heavy atom. The number of hydrogen-bond acceptors (Lipinski definition) is 5. The van der Waals surface area contributed by atoms with Crippen LogP contribution in [0, 0.1) is 24.2 Å². The number of nitrogens with one attached hydrogen (secondary N) is 1.